The van der Waals surface area contributed by atoms with Gasteiger partial charge in [0, 0.05) is 18.2 Å². The summed E-state index contributed by atoms with van der Waals surface area (Å²) in [6.45, 7) is 2.92. The zero-order chi connectivity index (χ0) is 22.3. The van der Waals surface area contributed by atoms with Gasteiger partial charge in [-0.3, -0.25) is 14.4 Å². The highest BCUT2D eigenvalue weighted by atomic mass is 16.6. The van der Waals surface area contributed by atoms with Gasteiger partial charge in [0.15, 0.2) is 6.10 Å². The maximum absolute atomic E-state index is 13.1. The Morgan fingerprint density at radius 1 is 1.27 bits per heavy atom. The summed E-state index contributed by atoms with van der Waals surface area (Å²) in [7, 11) is 1.11. The van der Waals surface area contributed by atoms with Crippen LogP contribution in [0.25, 0.3) is 0 Å². The molecule has 0 aromatic heterocycles. The first-order valence-corrected chi connectivity index (χ1v) is 9.26. The molecule has 1 fully saturated rings. The molecule has 1 aromatic carbocycles. The molecule has 2 heterocycles. The molecule has 0 saturated carbocycles. The van der Waals surface area contributed by atoms with Gasteiger partial charge < -0.3 is 30.1 Å². The van der Waals surface area contributed by atoms with Gasteiger partial charge in [0.1, 0.15) is 18.0 Å². The number of carbonyl (C=O) groups is 3. The fourth-order valence-electron chi connectivity index (χ4n) is 3.74. The minimum atomic E-state index is -2.53. The lowest BCUT2D eigenvalue weighted by atomic mass is 9.85. The van der Waals surface area contributed by atoms with E-state index < -0.39 is 47.1 Å². The van der Waals surface area contributed by atoms with Crippen LogP contribution in [0.3, 0.4) is 0 Å². The predicted molar refractivity (Wildman–Crippen MR) is 103 cm³/mol. The van der Waals surface area contributed by atoms with E-state index in [1.807, 2.05) is 0 Å². The normalized spacial score (nSPS) is 30.7. The van der Waals surface area contributed by atoms with Crippen LogP contribution in [0.5, 0.6) is 0 Å². The third-order valence-corrected chi connectivity index (χ3v) is 5.40. The van der Waals surface area contributed by atoms with Crippen molar-refractivity contribution in [3.63, 3.8) is 0 Å². The smallest absolute Gasteiger partial charge is 0.278 e. The molecule has 0 unspecified atom stereocenters. The number of aliphatic hydroxyl groups excluding tert-OH is 3. The maximum Gasteiger partial charge on any atom is 0.278 e. The van der Waals surface area contributed by atoms with E-state index in [2.05, 4.69) is 5.32 Å². The van der Waals surface area contributed by atoms with Gasteiger partial charge in [-0.05, 0) is 13.8 Å². The molecule has 0 bridgehead atoms. The summed E-state index contributed by atoms with van der Waals surface area (Å²) in [4.78, 5) is 39.0. The molecule has 1 amide bonds. The second-order valence-electron chi connectivity index (χ2n) is 7.11. The molecule has 9 heteroatoms. The van der Waals surface area contributed by atoms with E-state index in [4.69, 9.17) is 9.47 Å². The van der Waals surface area contributed by atoms with Crippen molar-refractivity contribution in [1.29, 1.82) is 0 Å². The third kappa shape index (κ3) is 2.90. The molecule has 5 atom stereocenters. The molecule has 2 aliphatic heterocycles. The quantitative estimate of drug-likeness (QED) is 0.279. The molecule has 2 aliphatic rings. The van der Waals surface area contributed by atoms with E-state index >= 15 is 0 Å². The van der Waals surface area contributed by atoms with Gasteiger partial charge >= 0.3 is 0 Å². The average molecular weight is 417 g/mol. The topological polar surface area (TPSA) is 142 Å². The number of hydrogen-bond acceptors (Lipinski definition) is 8. The van der Waals surface area contributed by atoms with Gasteiger partial charge in [0.2, 0.25) is 17.3 Å². The van der Waals surface area contributed by atoms with Crippen LogP contribution in [-0.4, -0.2) is 69.5 Å². The molecule has 0 radical (unpaired) electrons. The molecule has 0 aliphatic carbocycles. The predicted octanol–water partition coefficient (Wildman–Crippen LogP) is -0.387. The van der Waals surface area contributed by atoms with Gasteiger partial charge in [-0.1, -0.05) is 42.5 Å². The van der Waals surface area contributed by atoms with E-state index in [9.17, 15) is 29.7 Å². The zero-order valence-corrected chi connectivity index (χ0v) is 16.7. The molecular formula is C21H23NO8. The Balaban J connectivity index is 2.02. The van der Waals surface area contributed by atoms with Gasteiger partial charge in [-0.25, -0.2) is 0 Å². The van der Waals surface area contributed by atoms with Crippen LogP contribution in [0.4, 0.5) is 0 Å². The summed E-state index contributed by atoms with van der Waals surface area (Å²) in [5.74, 6) is -3.17. The summed E-state index contributed by atoms with van der Waals surface area (Å²) < 4.78 is 10.8. The van der Waals surface area contributed by atoms with Crippen LogP contribution in [0.15, 0.2) is 53.8 Å². The van der Waals surface area contributed by atoms with Crippen molar-refractivity contribution in [1.82, 2.24) is 5.32 Å². The number of rotatable bonds is 6. The SMILES string of the molecule is C/C=C\[C@H](O)[C@H](O)C1=C(C)C(=O)[C@]2(O1)C(=O)N[C@@](OC)(C(=O)c1ccccc1)[C@@H]2O. The number of aliphatic hydroxyl groups is 3. The van der Waals surface area contributed by atoms with Crippen molar-refractivity contribution in [2.75, 3.05) is 7.11 Å². The van der Waals surface area contributed by atoms with E-state index in [-0.39, 0.29) is 16.9 Å². The van der Waals surface area contributed by atoms with Crippen molar-refractivity contribution in [2.45, 2.75) is 43.5 Å². The van der Waals surface area contributed by atoms with Crippen molar-refractivity contribution < 1.29 is 39.2 Å². The Labute approximate surface area is 172 Å². The summed E-state index contributed by atoms with van der Waals surface area (Å²) in [6.07, 6.45) is -2.38. The summed E-state index contributed by atoms with van der Waals surface area (Å²) >= 11 is 0. The molecule has 4 N–H and O–H groups in total. The van der Waals surface area contributed by atoms with E-state index in [1.54, 1.807) is 25.1 Å². The Bertz CT molecular complexity index is 940. The van der Waals surface area contributed by atoms with Crippen LogP contribution in [-0.2, 0) is 19.1 Å². The van der Waals surface area contributed by atoms with Gasteiger partial charge in [-0.15, -0.1) is 0 Å². The second kappa shape index (κ2) is 7.77. The highest BCUT2D eigenvalue weighted by Crippen LogP contribution is 2.44. The lowest BCUT2D eigenvalue weighted by Gasteiger charge is -2.32. The average Bonchev–Trinajstić information content (AvgIpc) is 3.15. The molecule has 1 saturated heterocycles. The Hall–Kier alpha value is -2.85. The number of nitrogens with one attached hydrogen (secondary N) is 1. The van der Waals surface area contributed by atoms with Gasteiger partial charge in [0.25, 0.3) is 11.5 Å². The summed E-state index contributed by atoms with van der Waals surface area (Å²) in [5, 5.41) is 33.7. The lowest BCUT2D eigenvalue weighted by Crippen LogP contribution is -2.60. The van der Waals surface area contributed by atoms with Gasteiger partial charge in [-0.2, -0.15) is 0 Å². The summed E-state index contributed by atoms with van der Waals surface area (Å²) in [6, 6.07) is 7.81. The largest absolute Gasteiger partial charge is 0.467 e. The van der Waals surface area contributed by atoms with Crippen molar-refractivity contribution in [3.05, 3.63) is 59.4 Å². The number of allylic oxidation sites excluding steroid dienone is 1. The zero-order valence-electron chi connectivity index (χ0n) is 16.7. The monoisotopic (exact) mass is 417 g/mol. The number of amides is 1. The van der Waals surface area contributed by atoms with Crippen LogP contribution in [0.1, 0.15) is 24.2 Å². The Morgan fingerprint density at radius 2 is 1.90 bits per heavy atom. The van der Waals surface area contributed by atoms with Crippen LogP contribution < -0.4 is 5.32 Å². The number of Topliss-reactive ketones (excluding diaryl/α,β-unsaturated/α-hetero) is 2. The van der Waals surface area contributed by atoms with Crippen LogP contribution >= 0.6 is 0 Å². The minimum Gasteiger partial charge on any atom is -0.467 e. The molecule has 1 aromatic rings. The highest BCUT2D eigenvalue weighted by molar-refractivity contribution is 6.23. The number of ketones is 2. The number of hydrogen-bond donors (Lipinski definition) is 4. The minimum absolute atomic E-state index is 0.134. The van der Waals surface area contributed by atoms with Crippen molar-refractivity contribution >= 4 is 17.5 Å². The number of methoxy groups -OCH3 is 1. The highest BCUT2D eigenvalue weighted by Gasteiger charge is 2.74. The first-order valence-electron chi connectivity index (χ1n) is 9.26. The summed E-state index contributed by atoms with van der Waals surface area (Å²) in [5.41, 5.74) is -4.83. The lowest BCUT2D eigenvalue weighted by molar-refractivity contribution is -0.163. The molecule has 9 nitrogen and oxygen atoms in total. The second-order valence-corrected chi connectivity index (χ2v) is 7.11. The first-order chi connectivity index (χ1) is 14.2. The van der Waals surface area contributed by atoms with Crippen molar-refractivity contribution in [3.8, 4) is 0 Å². The number of carbonyl (C=O) groups excluding carboxylic acids is 3. The standard InChI is InChI=1S/C21H23NO8/c1-4-8-13(23)14(24)15-11(2)16(25)20(30-15)18(27)21(29-3,22-19(20)28)17(26)12-9-6-5-7-10-12/h4-10,13-14,18,23-24,27H,1-3H3,(H,22,28)/b8-4-/t13-,14-,18+,20+,21+/m0/s1. The maximum atomic E-state index is 13.1. The molecule has 160 valence electrons. The molecule has 1 spiro atoms. The Morgan fingerprint density at radius 3 is 2.47 bits per heavy atom. The number of benzene rings is 1. The Kier molecular flexibility index (Phi) is 5.66. The molecule has 30 heavy (non-hydrogen) atoms. The number of ether oxygens (including phenoxy) is 2. The fraction of sp³-hybridized carbons (Fsp3) is 0.381. The van der Waals surface area contributed by atoms with Crippen molar-refractivity contribution in [2.24, 2.45) is 0 Å². The fourth-order valence-corrected chi connectivity index (χ4v) is 3.74. The third-order valence-electron chi connectivity index (χ3n) is 5.40. The molecular weight excluding hydrogens is 394 g/mol. The van der Waals surface area contributed by atoms with E-state index in [0.29, 0.717) is 0 Å². The molecule has 3 rings (SSSR count). The van der Waals surface area contributed by atoms with Crippen LogP contribution in [0, 0.1) is 0 Å². The van der Waals surface area contributed by atoms with E-state index in [0.717, 1.165) is 7.11 Å². The van der Waals surface area contributed by atoms with Crippen LogP contribution in [0.2, 0.25) is 0 Å². The first kappa shape index (κ1) is 21.8. The van der Waals surface area contributed by atoms with Gasteiger partial charge in [0.05, 0.1) is 0 Å². The van der Waals surface area contributed by atoms with E-state index in [1.165, 1.54) is 31.2 Å².